The Morgan fingerprint density at radius 2 is 1.85 bits per heavy atom. The fraction of sp³-hybridized carbons (Fsp3) is 0.125. The molecule has 2 aromatic carbocycles. The maximum atomic E-state index is 13.2. The summed E-state index contributed by atoms with van der Waals surface area (Å²) in [5.74, 6) is -1.71. The SMILES string of the molecule is NC(Cc1ccc(F)c(F)c1)c1coc2ccccc12. The first kappa shape index (κ1) is 12.8. The molecule has 3 rings (SSSR count). The molecular formula is C16H13F2NO. The van der Waals surface area contributed by atoms with E-state index < -0.39 is 11.6 Å². The van der Waals surface area contributed by atoms with Crippen molar-refractivity contribution >= 4 is 11.0 Å². The summed E-state index contributed by atoms with van der Waals surface area (Å²) in [6, 6.07) is 11.1. The molecule has 4 heteroatoms. The van der Waals surface area contributed by atoms with Crippen LogP contribution in [0, 0.1) is 11.6 Å². The Hall–Kier alpha value is -2.20. The molecule has 0 spiro atoms. The molecule has 0 aliphatic heterocycles. The Kier molecular flexibility index (Phi) is 3.24. The van der Waals surface area contributed by atoms with Crippen molar-refractivity contribution in [2.75, 3.05) is 0 Å². The van der Waals surface area contributed by atoms with Crippen molar-refractivity contribution in [3.8, 4) is 0 Å². The van der Waals surface area contributed by atoms with Crippen molar-refractivity contribution in [2.24, 2.45) is 5.73 Å². The number of rotatable bonds is 3. The van der Waals surface area contributed by atoms with Crippen LogP contribution in [0.1, 0.15) is 17.2 Å². The lowest BCUT2D eigenvalue weighted by molar-refractivity contribution is 0.506. The molecule has 1 atom stereocenters. The second-order valence-electron chi connectivity index (χ2n) is 4.75. The molecule has 2 nitrogen and oxygen atoms in total. The van der Waals surface area contributed by atoms with Crippen LogP contribution in [0.3, 0.4) is 0 Å². The third kappa shape index (κ3) is 2.30. The standard InChI is InChI=1S/C16H13F2NO/c17-13-6-5-10(7-14(13)18)8-15(19)12-9-20-16-4-2-1-3-11(12)16/h1-7,9,15H,8,19H2. The zero-order valence-electron chi connectivity index (χ0n) is 10.6. The van der Waals surface area contributed by atoms with Gasteiger partial charge in [0.15, 0.2) is 11.6 Å². The van der Waals surface area contributed by atoms with Crippen LogP contribution in [0.5, 0.6) is 0 Å². The highest BCUT2D eigenvalue weighted by molar-refractivity contribution is 5.81. The van der Waals surface area contributed by atoms with Crippen LogP contribution in [0.15, 0.2) is 53.1 Å². The smallest absolute Gasteiger partial charge is 0.159 e. The number of benzene rings is 2. The van der Waals surface area contributed by atoms with Crippen LogP contribution < -0.4 is 5.73 Å². The lowest BCUT2D eigenvalue weighted by Gasteiger charge is -2.10. The third-order valence-electron chi connectivity index (χ3n) is 3.35. The van der Waals surface area contributed by atoms with Gasteiger partial charge < -0.3 is 10.2 Å². The largest absolute Gasteiger partial charge is 0.464 e. The zero-order chi connectivity index (χ0) is 14.1. The topological polar surface area (TPSA) is 39.2 Å². The van der Waals surface area contributed by atoms with Crippen molar-refractivity contribution in [1.29, 1.82) is 0 Å². The van der Waals surface area contributed by atoms with Gasteiger partial charge in [0, 0.05) is 17.0 Å². The normalized spacial score (nSPS) is 12.8. The second kappa shape index (κ2) is 5.06. The molecule has 102 valence electrons. The van der Waals surface area contributed by atoms with Crippen LogP contribution in [-0.2, 0) is 6.42 Å². The predicted molar refractivity (Wildman–Crippen MR) is 73.2 cm³/mol. The van der Waals surface area contributed by atoms with Crippen LogP contribution in [0.4, 0.5) is 8.78 Å². The van der Waals surface area contributed by atoms with Crippen LogP contribution in [0.25, 0.3) is 11.0 Å². The first-order valence-corrected chi connectivity index (χ1v) is 6.31. The van der Waals surface area contributed by atoms with E-state index in [1.807, 2.05) is 24.3 Å². The average Bonchev–Trinajstić information content (AvgIpc) is 2.87. The van der Waals surface area contributed by atoms with E-state index in [1.165, 1.54) is 6.07 Å². The van der Waals surface area contributed by atoms with Gasteiger partial charge in [0.25, 0.3) is 0 Å². The minimum atomic E-state index is -0.855. The highest BCUT2D eigenvalue weighted by atomic mass is 19.2. The van der Waals surface area contributed by atoms with E-state index in [0.717, 1.165) is 22.6 Å². The van der Waals surface area contributed by atoms with Crippen molar-refractivity contribution < 1.29 is 13.2 Å². The summed E-state index contributed by atoms with van der Waals surface area (Å²) in [5.41, 5.74) is 8.44. The van der Waals surface area contributed by atoms with Gasteiger partial charge >= 0.3 is 0 Å². The van der Waals surface area contributed by atoms with Gasteiger partial charge in [-0.2, -0.15) is 0 Å². The number of halogens is 2. The van der Waals surface area contributed by atoms with E-state index in [9.17, 15) is 8.78 Å². The van der Waals surface area contributed by atoms with E-state index >= 15 is 0 Å². The Bertz CT molecular complexity index is 751. The number of hydrogen-bond acceptors (Lipinski definition) is 2. The number of nitrogens with two attached hydrogens (primary N) is 1. The summed E-state index contributed by atoms with van der Waals surface area (Å²) in [4.78, 5) is 0. The van der Waals surface area contributed by atoms with E-state index in [-0.39, 0.29) is 6.04 Å². The fourth-order valence-corrected chi connectivity index (χ4v) is 2.32. The highest BCUT2D eigenvalue weighted by Crippen LogP contribution is 2.27. The predicted octanol–water partition coefficient (Wildman–Crippen LogP) is 3.95. The molecule has 1 unspecified atom stereocenters. The Morgan fingerprint density at radius 3 is 2.65 bits per heavy atom. The number of fused-ring (bicyclic) bond motifs is 1. The lowest BCUT2D eigenvalue weighted by Crippen LogP contribution is -2.13. The van der Waals surface area contributed by atoms with Crippen LogP contribution >= 0.6 is 0 Å². The lowest BCUT2D eigenvalue weighted by atomic mass is 9.99. The van der Waals surface area contributed by atoms with Gasteiger partial charge in [-0.15, -0.1) is 0 Å². The Morgan fingerprint density at radius 1 is 1.05 bits per heavy atom. The minimum Gasteiger partial charge on any atom is -0.464 e. The summed E-state index contributed by atoms with van der Waals surface area (Å²) in [6.07, 6.45) is 2.04. The first-order valence-electron chi connectivity index (χ1n) is 6.31. The molecule has 0 bridgehead atoms. The minimum absolute atomic E-state index is 0.330. The van der Waals surface area contributed by atoms with Gasteiger partial charge in [0.05, 0.1) is 6.26 Å². The van der Waals surface area contributed by atoms with Crippen molar-refractivity contribution in [1.82, 2.24) is 0 Å². The van der Waals surface area contributed by atoms with Crippen molar-refractivity contribution in [3.05, 3.63) is 71.5 Å². The molecule has 1 aromatic heterocycles. The van der Waals surface area contributed by atoms with E-state index in [1.54, 1.807) is 12.3 Å². The summed E-state index contributed by atoms with van der Waals surface area (Å²) >= 11 is 0. The maximum Gasteiger partial charge on any atom is 0.159 e. The molecule has 2 N–H and O–H groups in total. The summed E-state index contributed by atoms with van der Waals surface area (Å²) < 4.78 is 31.5. The van der Waals surface area contributed by atoms with Crippen LogP contribution in [-0.4, -0.2) is 0 Å². The molecule has 0 aliphatic carbocycles. The molecule has 0 radical (unpaired) electrons. The number of hydrogen-bond donors (Lipinski definition) is 1. The van der Waals surface area contributed by atoms with Crippen LogP contribution in [0.2, 0.25) is 0 Å². The van der Waals surface area contributed by atoms with Crippen molar-refractivity contribution in [2.45, 2.75) is 12.5 Å². The molecular weight excluding hydrogens is 260 g/mol. The first-order chi connectivity index (χ1) is 9.65. The van der Waals surface area contributed by atoms with E-state index in [4.69, 9.17) is 10.2 Å². The quantitative estimate of drug-likeness (QED) is 0.784. The third-order valence-corrected chi connectivity index (χ3v) is 3.35. The summed E-state index contributed by atoms with van der Waals surface area (Å²) in [5, 5.41) is 0.947. The molecule has 1 heterocycles. The van der Waals surface area contributed by atoms with Crippen molar-refractivity contribution in [3.63, 3.8) is 0 Å². The van der Waals surface area contributed by atoms with Gasteiger partial charge in [-0.3, -0.25) is 0 Å². The summed E-state index contributed by atoms with van der Waals surface area (Å²) in [7, 11) is 0. The monoisotopic (exact) mass is 273 g/mol. The van der Waals surface area contributed by atoms with Gasteiger partial charge in [-0.05, 0) is 30.2 Å². The van der Waals surface area contributed by atoms with E-state index in [2.05, 4.69) is 0 Å². The average molecular weight is 273 g/mol. The molecule has 0 saturated heterocycles. The molecule has 20 heavy (non-hydrogen) atoms. The fourth-order valence-electron chi connectivity index (χ4n) is 2.32. The molecule has 0 saturated carbocycles. The van der Waals surface area contributed by atoms with Gasteiger partial charge in [0.2, 0.25) is 0 Å². The molecule has 3 aromatic rings. The molecule has 0 fully saturated rings. The van der Waals surface area contributed by atoms with Gasteiger partial charge in [-0.1, -0.05) is 24.3 Å². The number of furan rings is 1. The Balaban J connectivity index is 1.89. The zero-order valence-corrected chi connectivity index (χ0v) is 10.6. The Labute approximate surface area is 114 Å². The van der Waals surface area contributed by atoms with E-state index in [0.29, 0.717) is 12.0 Å². The second-order valence-corrected chi connectivity index (χ2v) is 4.75. The van der Waals surface area contributed by atoms with Gasteiger partial charge in [0.1, 0.15) is 5.58 Å². The molecule has 0 amide bonds. The number of para-hydroxylation sites is 1. The van der Waals surface area contributed by atoms with Gasteiger partial charge in [-0.25, -0.2) is 8.78 Å². The molecule has 0 aliphatic rings. The maximum absolute atomic E-state index is 13.2. The highest BCUT2D eigenvalue weighted by Gasteiger charge is 2.14. The summed E-state index contributed by atoms with van der Waals surface area (Å²) in [6.45, 7) is 0.